The Morgan fingerprint density at radius 3 is 2.63 bits per heavy atom. The molecule has 0 aliphatic carbocycles. The van der Waals surface area contributed by atoms with Gasteiger partial charge in [0.1, 0.15) is 0 Å². The molecular formula is C15H18N2OS. The molecule has 0 saturated carbocycles. The van der Waals surface area contributed by atoms with E-state index in [0.29, 0.717) is 0 Å². The number of hydrogen-bond acceptors (Lipinski definition) is 3. The van der Waals surface area contributed by atoms with E-state index in [4.69, 9.17) is 0 Å². The number of fused-ring (bicyclic) bond motifs is 1. The molecule has 0 radical (unpaired) electrons. The molecule has 1 amide bonds. The summed E-state index contributed by atoms with van der Waals surface area (Å²) in [7, 11) is 0. The van der Waals surface area contributed by atoms with Gasteiger partial charge < -0.3 is 9.80 Å². The number of carbonyl (C=O) groups is 1. The van der Waals surface area contributed by atoms with Gasteiger partial charge in [-0.2, -0.15) is 0 Å². The van der Waals surface area contributed by atoms with Crippen molar-refractivity contribution in [2.24, 2.45) is 0 Å². The highest BCUT2D eigenvalue weighted by atomic mass is 32.1. The topological polar surface area (TPSA) is 23.6 Å². The van der Waals surface area contributed by atoms with E-state index in [1.54, 1.807) is 11.3 Å². The molecule has 1 fully saturated rings. The van der Waals surface area contributed by atoms with E-state index >= 15 is 0 Å². The highest BCUT2D eigenvalue weighted by molar-refractivity contribution is 7.20. The minimum atomic E-state index is 0.192. The second-order valence-electron chi connectivity index (χ2n) is 4.87. The number of hydrogen-bond donors (Lipinski definition) is 0. The molecule has 2 aromatic rings. The molecule has 0 N–H and O–H groups in total. The Labute approximate surface area is 117 Å². The van der Waals surface area contributed by atoms with Crippen LogP contribution in [0.5, 0.6) is 0 Å². The van der Waals surface area contributed by atoms with Crippen LogP contribution in [0.1, 0.15) is 16.6 Å². The van der Waals surface area contributed by atoms with Crippen molar-refractivity contribution < 1.29 is 4.79 Å². The van der Waals surface area contributed by atoms with Gasteiger partial charge in [0.2, 0.25) is 0 Å². The van der Waals surface area contributed by atoms with E-state index in [1.165, 1.54) is 10.1 Å². The fourth-order valence-electron chi connectivity index (χ4n) is 2.51. The first-order valence-corrected chi connectivity index (χ1v) is 7.60. The van der Waals surface area contributed by atoms with Crippen LogP contribution in [-0.2, 0) is 0 Å². The highest BCUT2D eigenvalue weighted by Crippen LogP contribution is 2.26. The van der Waals surface area contributed by atoms with Crippen molar-refractivity contribution in [2.75, 3.05) is 32.7 Å². The summed E-state index contributed by atoms with van der Waals surface area (Å²) in [4.78, 5) is 17.7. The summed E-state index contributed by atoms with van der Waals surface area (Å²) in [5, 5.41) is 1.17. The lowest BCUT2D eigenvalue weighted by atomic mass is 10.2. The summed E-state index contributed by atoms with van der Waals surface area (Å²) in [6, 6.07) is 10.2. The predicted octanol–water partition coefficient (Wildman–Crippen LogP) is 2.68. The van der Waals surface area contributed by atoms with Crippen LogP contribution < -0.4 is 0 Å². The van der Waals surface area contributed by atoms with Gasteiger partial charge in [-0.1, -0.05) is 25.1 Å². The molecule has 3 rings (SSSR count). The van der Waals surface area contributed by atoms with E-state index in [2.05, 4.69) is 24.0 Å². The third-order valence-corrected chi connectivity index (χ3v) is 4.85. The molecule has 1 aromatic carbocycles. The molecule has 0 bridgehead atoms. The van der Waals surface area contributed by atoms with Crippen LogP contribution in [0.2, 0.25) is 0 Å². The number of carbonyl (C=O) groups excluding carboxylic acids is 1. The largest absolute Gasteiger partial charge is 0.335 e. The van der Waals surface area contributed by atoms with Crippen molar-refractivity contribution in [2.45, 2.75) is 6.92 Å². The normalized spacial score (nSPS) is 17.0. The van der Waals surface area contributed by atoms with Crippen LogP contribution in [0.3, 0.4) is 0 Å². The SMILES string of the molecule is CCN1CCN(C(=O)c2cc3ccccc3s2)CC1. The summed E-state index contributed by atoms with van der Waals surface area (Å²) in [5.41, 5.74) is 0. The first-order valence-electron chi connectivity index (χ1n) is 6.78. The third kappa shape index (κ3) is 2.51. The second-order valence-corrected chi connectivity index (χ2v) is 5.96. The summed E-state index contributed by atoms with van der Waals surface area (Å²) in [5.74, 6) is 0.192. The number of likely N-dealkylation sites (N-methyl/N-ethyl adjacent to an activating group) is 1. The fraction of sp³-hybridized carbons (Fsp3) is 0.400. The molecule has 100 valence electrons. The van der Waals surface area contributed by atoms with Crippen molar-refractivity contribution in [3.63, 3.8) is 0 Å². The zero-order chi connectivity index (χ0) is 13.2. The van der Waals surface area contributed by atoms with Gasteiger partial charge in [-0.3, -0.25) is 4.79 Å². The minimum Gasteiger partial charge on any atom is -0.335 e. The molecule has 0 unspecified atom stereocenters. The maximum absolute atomic E-state index is 12.5. The average Bonchev–Trinajstić information content (AvgIpc) is 2.90. The van der Waals surface area contributed by atoms with E-state index < -0.39 is 0 Å². The van der Waals surface area contributed by atoms with Gasteiger partial charge in [0, 0.05) is 30.9 Å². The zero-order valence-corrected chi connectivity index (χ0v) is 11.9. The average molecular weight is 274 g/mol. The van der Waals surface area contributed by atoms with Gasteiger partial charge in [0.05, 0.1) is 4.88 Å². The monoisotopic (exact) mass is 274 g/mol. The van der Waals surface area contributed by atoms with Crippen molar-refractivity contribution in [1.82, 2.24) is 9.80 Å². The van der Waals surface area contributed by atoms with E-state index in [9.17, 15) is 4.79 Å². The molecule has 19 heavy (non-hydrogen) atoms. The van der Waals surface area contributed by atoms with Crippen LogP contribution in [0.25, 0.3) is 10.1 Å². The number of amides is 1. The smallest absolute Gasteiger partial charge is 0.264 e. The standard InChI is InChI=1S/C15H18N2OS/c1-2-16-7-9-17(10-8-16)15(18)14-11-12-5-3-4-6-13(12)19-14/h3-6,11H,2,7-10H2,1H3. The molecule has 2 heterocycles. The molecule has 0 atom stereocenters. The molecule has 4 heteroatoms. The Bertz CT molecular complexity index is 552. The lowest BCUT2D eigenvalue weighted by molar-refractivity contribution is 0.0648. The Kier molecular flexibility index (Phi) is 3.53. The second kappa shape index (κ2) is 5.31. The number of nitrogens with zero attached hydrogens (tertiary/aromatic N) is 2. The maximum atomic E-state index is 12.5. The Morgan fingerprint density at radius 2 is 1.95 bits per heavy atom. The quantitative estimate of drug-likeness (QED) is 0.840. The van der Waals surface area contributed by atoms with Crippen molar-refractivity contribution in [3.05, 3.63) is 35.2 Å². The zero-order valence-electron chi connectivity index (χ0n) is 11.1. The van der Waals surface area contributed by atoms with E-state index in [0.717, 1.165) is 37.6 Å². The number of thiophene rings is 1. The van der Waals surface area contributed by atoms with Crippen LogP contribution in [0.15, 0.2) is 30.3 Å². The van der Waals surface area contributed by atoms with Crippen LogP contribution >= 0.6 is 11.3 Å². The summed E-state index contributed by atoms with van der Waals surface area (Å²) in [6.45, 7) is 6.93. The lowest BCUT2D eigenvalue weighted by Crippen LogP contribution is -2.48. The van der Waals surface area contributed by atoms with Crippen LogP contribution in [-0.4, -0.2) is 48.4 Å². The Morgan fingerprint density at radius 1 is 1.21 bits per heavy atom. The first kappa shape index (κ1) is 12.6. The highest BCUT2D eigenvalue weighted by Gasteiger charge is 2.22. The Hall–Kier alpha value is -1.39. The van der Waals surface area contributed by atoms with Crippen molar-refractivity contribution in [1.29, 1.82) is 0 Å². The number of piperazine rings is 1. The summed E-state index contributed by atoms with van der Waals surface area (Å²) in [6.07, 6.45) is 0. The molecule has 1 aliphatic heterocycles. The van der Waals surface area contributed by atoms with Gasteiger partial charge in [-0.25, -0.2) is 0 Å². The fourth-order valence-corrected chi connectivity index (χ4v) is 3.54. The third-order valence-electron chi connectivity index (χ3n) is 3.74. The number of rotatable bonds is 2. The molecule has 1 aliphatic rings. The number of benzene rings is 1. The van der Waals surface area contributed by atoms with Gasteiger partial charge in [0.15, 0.2) is 0 Å². The van der Waals surface area contributed by atoms with Gasteiger partial charge >= 0.3 is 0 Å². The molecule has 0 spiro atoms. The maximum Gasteiger partial charge on any atom is 0.264 e. The van der Waals surface area contributed by atoms with Crippen LogP contribution in [0, 0.1) is 0 Å². The van der Waals surface area contributed by atoms with Gasteiger partial charge in [-0.15, -0.1) is 11.3 Å². The Balaban J connectivity index is 1.77. The minimum absolute atomic E-state index is 0.192. The lowest BCUT2D eigenvalue weighted by Gasteiger charge is -2.33. The predicted molar refractivity (Wildman–Crippen MR) is 79.8 cm³/mol. The summed E-state index contributed by atoms with van der Waals surface area (Å²) < 4.78 is 1.19. The van der Waals surface area contributed by atoms with Gasteiger partial charge in [0.25, 0.3) is 5.91 Å². The van der Waals surface area contributed by atoms with Gasteiger partial charge in [-0.05, 0) is 24.1 Å². The molecule has 1 aromatic heterocycles. The summed E-state index contributed by atoms with van der Waals surface area (Å²) >= 11 is 1.60. The molecular weight excluding hydrogens is 256 g/mol. The van der Waals surface area contributed by atoms with Crippen molar-refractivity contribution in [3.8, 4) is 0 Å². The van der Waals surface area contributed by atoms with E-state index in [1.807, 2.05) is 23.1 Å². The van der Waals surface area contributed by atoms with E-state index in [-0.39, 0.29) is 5.91 Å². The molecule has 3 nitrogen and oxygen atoms in total. The first-order chi connectivity index (χ1) is 9.28. The molecule has 1 saturated heterocycles. The van der Waals surface area contributed by atoms with Crippen LogP contribution in [0.4, 0.5) is 0 Å². The van der Waals surface area contributed by atoms with Crippen molar-refractivity contribution >= 4 is 27.3 Å².